The van der Waals surface area contributed by atoms with Gasteiger partial charge in [-0.3, -0.25) is 9.59 Å². The Morgan fingerprint density at radius 3 is 2.60 bits per heavy atom. The van der Waals surface area contributed by atoms with Crippen LogP contribution in [0.15, 0.2) is 18.2 Å². The van der Waals surface area contributed by atoms with E-state index >= 15 is 0 Å². The van der Waals surface area contributed by atoms with Crippen molar-refractivity contribution in [2.75, 3.05) is 13.1 Å². The van der Waals surface area contributed by atoms with E-state index in [2.05, 4.69) is 10.6 Å². The summed E-state index contributed by atoms with van der Waals surface area (Å²) < 4.78 is 25.9. The van der Waals surface area contributed by atoms with Crippen molar-refractivity contribution in [2.24, 2.45) is 5.92 Å². The molecule has 1 aromatic rings. The van der Waals surface area contributed by atoms with Crippen LogP contribution in [0.4, 0.5) is 8.78 Å². The minimum absolute atomic E-state index is 0.0377. The second kappa shape index (κ2) is 6.45. The first kappa shape index (κ1) is 14.4. The number of hydrogen-bond acceptors (Lipinski definition) is 2. The Hall–Kier alpha value is -1.98. The smallest absolute Gasteiger partial charge is 0.224 e. The second-order valence-corrected chi connectivity index (χ2v) is 4.86. The first-order valence-corrected chi connectivity index (χ1v) is 6.54. The molecular weight excluding hydrogens is 266 g/mol. The van der Waals surface area contributed by atoms with Crippen LogP contribution in [0.2, 0.25) is 0 Å². The normalized spacial score (nSPS) is 18.5. The second-order valence-electron chi connectivity index (χ2n) is 4.86. The summed E-state index contributed by atoms with van der Waals surface area (Å²) in [6.07, 6.45) is 1.25. The van der Waals surface area contributed by atoms with Gasteiger partial charge in [0.05, 0.1) is 5.92 Å². The van der Waals surface area contributed by atoms with E-state index in [4.69, 9.17) is 0 Å². The minimum atomic E-state index is -0.624. The molecule has 1 fully saturated rings. The van der Waals surface area contributed by atoms with Gasteiger partial charge in [0, 0.05) is 25.6 Å². The Morgan fingerprint density at radius 2 is 2.00 bits per heavy atom. The number of benzene rings is 1. The average molecular weight is 282 g/mol. The molecule has 1 aliphatic rings. The molecule has 0 radical (unpaired) electrons. The van der Waals surface area contributed by atoms with Crippen molar-refractivity contribution in [3.63, 3.8) is 0 Å². The summed E-state index contributed by atoms with van der Waals surface area (Å²) in [5, 5.41) is 5.36. The zero-order chi connectivity index (χ0) is 14.5. The van der Waals surface area contributed by atoms with Crippen molar-refractivity contribution >= 4 is 11.8 Å². The predicted molar refractivity (Wildman–Crippen MR) is 68.8 cm³/mol. The van der Waals surface area contributed by atoms with Crippen molar-refractivity contribution in [2.45, 2.75) is 19.3 Å². The van der Waals surface area contributed by atoms with E-state index in [1.54, 1.807) is 0 Å². The molecule has 1 heterocycles. The van der Waals surface area contributed by atoms with Crippen LogP contribution in [0.25, 0.3) is 0 Å². The van der Waals surface area contributed by atoms with Crippen LogP contribution in [0.3, 0.4) is 0 Å². The SMILES string of the molecule is O=C1CCC(C(=O)NCCc2cc(F)cc(F)c2)CN1. The van der Waals surface area contributed by atoms with Gasteiger partial charge in [-0.1, -0.05) is 0 Å². The summed E-state index contributed by atoms with van der Waals surface area (Å²) in [6, 6.07) is 3.30. The zero-order valence-corrected chi connectivity index (χ0v) is 10.9. The van der Waals surface area contributed by atoms with Crippen LogP contribution < -0.4 is 10.6 Å². The quantitative estimate of drug-likeness (QED) is 0.870. The topological polar surface area (TPSA) is 58.2 Å². The first-order chi connectivity index (χ1) is 9.54. The lowest BCUT2D eigenvalue weighted by atomic mass is 9.98. The molecule has 0 spiro atoms. The molecule has 1 atom stereocenters. The van der Waals surface area contributed by atoms with Gasteiger partial charge in [0.1, 0.15) is 11.6 Å². The summed E-state index contributed by atoms with van der Waals surface area (Å²) in [6.45, 7) is 0.658. The van der Waals surface area contributed by atoms with E-state index in [1.807, 2.05) is 0 Å². The predicted octanol–water partition coefficient (Wildman–Crippen LogP) is 1.15. The number of piperidine rings is 1. The molecule has 1 saturated heterocycles. The molecule has 0 saturated carbocycles. The number of nitrogens with one attached hydrogen (secondary N) is 2. The summed E-state index contributed by atoms with van der Waals surface area (Å²) in [5.41, 5.74) is 0.500. The fraction of sp³-hybridized carbons (Fsp3) is 0.429. The number of hydrogen-bond donors (Lipinski definition) is 2. The molecule has 1 aromatic carbocycles. The maximum absolute atomic E-state index is 13.0. The van der Waals surface area contributed by atoms with Crippen LogP contribution in [0.1, 0.15) is 18.4 Å². The Labute approximate surface area is 115 Å². The molecule has 1 aliphatic heterocycles. The summed E-state index contributed by atoms with van der Waals surface area (Å²) in [4.78, 5) is 22.8. The number of carbonyl (C=O) groups is 2. The molecule has 2 amide bonds. The molecule has 20 heavy (non-hydrogen) atoms. The molecular formula is C14H16F2N2O2. The number of amides is 2. The Morgan fingerprint density at radius 1 is 1.30 bits per heavy atom. The molecule has 0 aliphatic carbocycles. The molecule has 6 heteroatoms. The zero-order valence-electron chi connectivity index (χ0n) is 10.9. The summed E-state index contributed by atoms with van der Waals surface area (Å²) >= 11 is 0. The van der Waals surface area contributed by atoms with Gasteiger partial charge in [0.2, 0.25) is 11.8 Å². The van der Waals surface area contributed by atoms with Gasteiger partial charge in [0.25, 0.3) is 0 Å². The van der Waals surface area contributed by atoms with Gasteiger partial charge in [-0.05, 0) is 30.5 Å². The highest BCUT2D eigenvalue weighted by Crippen LogP contribution is 2.11. The Kier molecular flexibility index (Phi) is 4.65. The van der Waals surface area contributed by atoms with Crippen LogP contribution >= 0.6 is 0 Å². The van der Waals surface area contributed by atoms with Crippen molar-refractivity contribution in [1.29, 1.82) is 0 Å². The lowest BCUT2D eigenvalue weighted by molar-refractivity contribution is -0.128. The fourth-order valence-corrected chi connectivity index (χ4v) is 2.19. The minimum Gasteiger partial charge on any atom is -0.355 e. The van der Waals surface area contributed by atoms with E-state index in [-0.39, 0.29) is 17.7 Å². The van der Waals surface area contributed by atoms with Crippen LogP contribution in [0, 0.1) is 17.6 Å². The Balaban J connectivity index is 1.77. The average Bonchev–Trinajstić information content (AvgIpc) is 2.38. The van der Waals surface area contributed by atoms with Crippen molar-refractivity contribution in [3.05, 3.63) is 35.4 Å². The largest absolute Gasteiger partial charge is 0.355 e. The van der Waals surface area contributed by atoms with Crippen LogP contribution in [0.5, 0.6) is 0 Å². The van der Waals surface area contributed by atoms with Gasteiger partial charge < -0.3 is 10.6 Å². The van der Waals surface area contributed by atoms with E-state index in [0.717, 1.165) is 6.07 Å². The van der Waals surface area contributed by atoms with Crippen molar-refractivity contribution in [3.8, 4) is 0 Å². The highest BCUT2D eigenvalue weighted by Gasteiger charge is 2.23. The first-order valence-electron chi connectivity index (χ1n) is 6.54. The third-order valence-corrected chi connectivity index (χ3v) is 3.27. The van der Waals surface area contributed by atoms with Gasteiger partial charge in [-0.25, -0.2) is 8.78 Å². The molecule has 0 aromatic heterocycles. The van der Waals surface area contributed by atoms with E-state index in [9.17, 15) is 18.4 Å². The van der Waals surface area contributed by atoms with Gasteiger partial charge in [-0.15, -0.1) is 0 Å². The molecule has 2 N–H and O–H groups in total. The monoisotopic (exact) mass is 282 g/mol. The maximum atomic E-state index is 13.0. The molecule has 2 rings (SSSR count). The van der Waals surface area contributed by atoms with E-state index in [1.165, 1.54) is 12.1 Å². The lowest BCUT2D eigenvalue weighted by Gasteiger charge is -2.21. The summed E-state index contributed by atoms with van der Waals surface area (Å²) in [7, 11) is 0. The third kappa shape index (κ3) is 4.01. The molecule has 1 unspecified atom stereocenters. The Bertz CT molecular complexity index is 490. The highest BCUT2D eigenvalue weighted by atomic mass is 19.1. The lowest BCUT2D eigenvalue weighted by Crippen LogP contribution is -2.43. The van der Waals surface area contributed by atoms with Crippen LogP contribution in [-0.2, 0) is 16.0 Å². The van der Waals surface area contributed by atoms with Crippen LogP contribution in [-0.4, -0.2) is 24.9 Å². The van der Waals surface area contributed by atoms with Gasteiger partial charge >= 0.3 is 0 Å². The maximum Gasteiger partial charge on any atom is 0.224 e. The molecule has 4 nitrogen and oxygen atoms in total. The molecule has 108 valence electrons. The van der Waals surface area contributed by atoms with E-state index < -0.39 is 11.6 Å². The van der Waals surface area contributed by atoms with Gasteiger partial charge in [0.15, 0.2) is 0 Å². The van der Waals surface area contributed by atoms with Gasteiger partial charge in [-0.2, -0.15) is 0 Å². The van der Waals surface area contributed by atoms with E-state index in [0.29, 0.717) is 37.9 Å². The number of halogens is 2. The van der Waals surface area contributed by atoms with Crippen molar-refractivity contribution in [1.82, 2.24) is 10.6 Å². The number of carbonyl (C=O) groups excluding carboxylic acids is 2. The molecule has 0 bridgehead atoms. The highest BCUT2D eigenvalue weighted by molar-refractivity contribution is 5.83. The number of rotatable bonds is 4. The fourth-order valence-electron chi connectivity index (χ4n) is 2.19. The van der Waals surface area contributed by atoms with Crippen molar-refractivity contribution < 1.29 is 18.4 Å². The standard InChI is InChI=1S/C14H16F2N2O2/c15-11-5-9(6-12(16)7-11)3-4-17-14(20)10-1-2-13(19)18-8-10/h5-7,10H,1-4,8H2,(H,17,20)(H,18,19). The third-order valence-electron chi connectivity index (χ3n) is 3.27. The summed E-state index contributed by atoms with van der Waals surface area (Å²) in [5.74, 6) is -1.65.